The zero-order valence-corrected chi connectivity index (χ0v) is 22.3. The second-order valence-electron chi connectivity index (χ2n) is 8.66. The van der Waals surface area contributed by atoms with Crippen molar-refractivity contribution >= 4 is 39.0 Å². The van der Waals surface area contributed by atoms with Gasteiger partial charge in [-0.15, -0.1) is 11.3 Å². The lowest BCUT2D eigenvalue weighted by molar-refractivity contribution is 0.0740. The molecule has 0 aliphatic carbocycles. The summed E-state index contributed by atoms with van der Waals surface area (Å²) in [5.74, 6) is 1.57. The van der Waals surface area contributed by atoms with Gasteiger partial charge in [0.25, 0.3) is 0 Å². The third-order valence-corrected chi connectivity index (χ3v) is 7.69. The zero-order chi connectivity index (χ0) is 25.3. The first-order valence-electron chi connectivity index (χ1n) is 12.4. The van der Waals surface area contributed by atoms with Gasteiger partial charge in [-0.1, -0.05) is 74.9 Å². The second-order valence-corrected chi connectivity index (χ2v) is 10.1. The molecule has 0 spiro atoms. The summed E-state index contributed by atoms with van der Waals surface area (Å²) in [6.07, 6.45) is 7.51. The molecule has 0 amide bonds. The van der Waals surface area contributed by atoms with Gasteiger partial charge in [-0.05, 0) is 60.0 Å². The van der Waals surface area contributed by atoms with E-state index in [-0.39, 0.29) is 0 Å². The normalized spacial score (nSPS) is 11.0. The van der Waals surface area contributed by atoms with Gasteiger partial charge in [-0.2, -0.15) is 0 Å². The number of esters is 1. The summed E-state index contributed by atoms with van der Waals surface area (Å²) in [7, 11) is 1.60. The molecule has 36 heavy (non-hydrogen) atoms. The minimum absolute atomic E-state index is 0.376. The highest BCUT2D eigenvalue weighted by Gasteiger charge is 2.19. The van der Waals surface area contributed by atoms with E-state index >= 15 is 0 Å². The summed E-state index contributed by atoms with van der Waals surface area (Å²) >= 11 is 7.78. The molecular weight excluding hydrogens is 492 g/mol. The first-order chi connectivity index (χ1) is 17.6. The maximum Gasteiger partial charge on any atom is 0.355 e. The molecule has 6 heteroatoms. The molecule has 0 radical (unpaired) electrons. The summed E-state index contributed by atoms with van der Waals surface area (Å²) in [5, 5.41) is 1.16. The van der Waals surface area contributed by atoms with Crippen LogP contribution in [0.25, 0.3) is 21.2 Å². The molecule has 4 rings (SSSR count). The number of benzene rings is 3. The van der Waals surface area contributed by atoms with Crippen LogP contribution >= 0.6 is 22.9 Å². The van der Waals surface area contributed by atoms with Gasteiger partial charge >= 0.3 is 5.97 Å². The summed E-state index contributed by atoms with van der Waals surface area (Å²) in [5.41, 5.74) is 2.10. The fourth-order valence-corrected chi connectivity index (χ4v) is 5.35. The molecule has 0 saturated heterocycles. The predicted molar refractivity (Wildman–Crippen MR) is 149 cm³/mol. The zero-order valence-electron chi connectivity index (χ0n) is 20.7. The van der Waals surface area contributed by atoms with Crippen LogP contribution in [-0.2, 0) is 0 Å². The fourth-order valence-electron chi connectivity index (χ4n) is 3.99. The largest absolute Gasteiger partial charge is 0.497 e. The van der Waals surface area contributed by atoms with Gasteiger partial charge in [0.15, 0.2) is 0 Å². The number of fused-ring (bicyclic) bond motifs is 1. The van der Waals surface area contributed by atoms with Crippen LogP contribution in [0.3, 0.4) is 0 Å². The third-order valence-electron chi connectivity index (χ3n) is 6.04. The Bertz CT molecular complexity index is 1280. The highest BCUT2D eigenvalue weighted by atomic mass is 35.5. The first-order valence-corrected chi connectivity index (χ1v) is 13.6. The van der Waals surface area contributed by atoms with E-state index in [1.165, 1.54) is 43.4 Å². The number of hydrogen-bond acceptors (Lipinski definition) is 5. The van der Waals surface area contributed by atoms with Gasteiger partial charge in [-0.3, -0.25) is 0 Å². The Morgan fingerprint density at radius 3 is 2.08 bits per heavy atom. The van der Waals surface area contributed by atoms with Gasteiger partial charge in [0.05, 0.1) is 18.7 Å². The van der Waals surface area contributed by atoms with Crippen molar-refractivity contribution in [1.29, 1.82) is 0 Å². The van der Waals surface area contributed by atoms with Gasteiger partial charge in [0.2, 0.25) is 0 Å². The number of carbonyl (C=O) groups is 1. The van der Waals surface area contributed by atoms with Crippen LogP contribution in [0.15, 0.2) is 66.7 Å². The Balaban J connectivity index is 1.32. The van der Waals surface area contributed by atoms with E-state index in [1.807, 2.05) is 54.6 Å². The van der Waals surface area contributed by atoms with Crippen molar-refractivity contribution in [2.45, 2.75) is 45.4 Å². The Morgan fingerprint density at radius 2 is 1.42 bits per heavy atom. The molecule has 0 fully saturated rings. The molecule has 0 aliphatic heterocycles. The summed E-state index contributed by atoms with van der Waals surface area (Å²) in [4.78, 5) is 13.2. The van der Waals surface area contributed by atoms with Crippen LogP contribution in [0.1, 0.15) is 55.1 Å². The summed E-state index contributed by atoms with van der Waals surface area (Å²) in [6, 6.07) is 21.1. The van der Waals surface area contributed by atoms with Crippen LogP contribution in [0.4, 0.5) is 0 Å². The Labute approximate surface area is 221 Å². The van der Waals surface area contributed by atoms with Gasteiger partial charge in [-0.25, -0.2) is 4.79 Å². The average molecular weight is 523 g/mol. The van der Waals surface area contributed by atoms with Crippen LogP contribution in [0.2, 0.25) is 5.02 Å². The van der Waals surface area contributed by atoms with Crippen LogP contribution in [-0.4, -0.2) is 19.7 Å². The second kappa shape index (κ2) is 12.8. The van der Waals surface area contributed by atoms with Gasteiger partial charge in [0, 0.05) is 10.1 Å². The highest BCUT2D eigenvalue weighted by molar-refractivity contribution is 7.21. The maximum atomic E-state index is 12.8. The molecule has 4 nitrogen and oxygen atoms in total. The van der Waals surface area contributed by atoms with E-state index in [4.69, 9.17) is 25.8 Å². The Kier molecular flexibility index (Phi) is 9.26. The number of ether oxygens (including phenoxy) is 3. The third kappa shape index (κ3) is 6.59. The van der Waals surface area contributed by atoms with E-state index < -0.39 is 5.97 Å². The van der Waals surface area contributed by atoms with Crippen molar-refractivity contribution in [3.05, 3.63) is 76.6 Å². The minimum Gasteiger partial charge on any atom is -0.497 e. The summed E-state index contributed by atoms with van der Waals surface area (Å²) < 4.78 is 17.6. The average Bonchev–Trinajstić information content (AvgIpc) is 3.24. The molecule has 1 aromatic heterocycles. The van der Waals surface area contributed by atoms with E-state index in [2.05, 4.69) is 6.92 Å². The Morgan fingerprint density at radius 1 is 0.806 bits per heavy atom. The molecule has 3 aromatic carbocycles. The minimum atomic E-state index is -0.472. The van der Waals surface area contributed by atoms with Gasteiger partial charge in [0.1, 0.15) is 22.1 Å². The summed E-state index contributed by atoms with van der Waals surface area (Å²) in [6.45, 7) is 2.99. The Hall–Kier alpha value is -3.02. The fraction of sp³-hybridized carbons (Fsp3) is 0.300. The molecule has 0 bridgehead atoms. The van der Waals surface area contributed by atoms with Crippen LogP contribution < -0.4 is 14.2 Å². The number of hydrogen-bond donors (Lipinski definition) is 0. The van der Waals surface area contributed by atoms with Gasteiger partial charge < -0.3 is 14.2 Å². The maximum absolute atomic E-state index is 12.8. The lowest BCUT2D eigenvalue weighted by atomic mass is 10.1. The SMILES string of the molecule is CCCCCCCCOc1ccc(-c2ccc(OC(=O)c3sc4ccc(OC)cc4c3Cl)cc2)cc1. The van der Waals surface area contributed by atoms with E-state index in [1.54, 1.807) is 19.2 Å². The first kappa shape index (κ1) is 26.1. The molecule has 0 atom stereocenters. The number of carbonyl (C=O) groups excluding carboxylic acids is 1. The van der Waals surface area contributed by atoms with E-state index in [0.29, 0.717) is 21.4 Å². The molecule has 188 valence electrons. The number of unbranched alkanes of at least 4 members (excludes halogenated alkanes) is 5. The number of methoxy groups -OCH3 is 1. The molecular formula is C30H31ClO4S. The predicted octanol–water partition coefficient (Wildman–Crippen LogP) is 9.19. The highest BCUT2D eigenvalue weighted by Crippen LogP contribution is 2.38. The molecule has 0 unspecified atom stereocenters. The van der Waals surface area contributed by atoms with Crippen molar-refractivity contribution in [3.8, 4) is 28.4 Å². The molecule has 0 saturated carbocycles. The lowest BCUT2D eigenvalue weighted by Crippen LogP contribution is -2.06. The van der Waals surface area contributed by atoms with E-state index in [9.17, 15) is 4.79 Å². The lowest BCUT2D eigenvalue weighted by Gasteiger charge is -2.08. The number of halogens is 1. The number of thiophene rings is 1. The van der Waals surface area contributed by atoms with Crippen LogP contribution in [0, 0.1) is 0 Å². The van der Waals surface area contributed by atoms with Crippen LogP contribution in [0.5, 0.6) is 17.2 Å². The molecule has 0 aliphatic rings. The van der Waals surface area contributed by atoms with Crippen molar-refractivity contribution in [1.82, 2.24) is 0 Å². The molecule has 4 aromatic rings. The van der Waals surface area contributed by atoms with Crippen molar-refractivity contribution in [2.24, 2.45) is 0 Å². The smallest absolute Gasteiger partial charge is 0.355 e. The monoisotopic (exact) mass is 522 g/mol. The molecule has 1 heterocycles. The standard InChI is InChI=1S/C30H31ClO4S/c1-3-4-5-6-7-8-19-34-23-13-9-21(10-14-23)22-11-15-24(16-12-22)35-30(32)29-28(31)26-20-25(33-2)17-18-27(26)36-29/h9-18,20H,3-8,19H2,1-2H3. The van der Waals surface area contributed by atoms with Crippen molar-refractivity contribution in [3.63, 3.8) is 0 Å². The van der Waals surface area contributed by atoms with Crippen molar-refractivity contribution < 1.29 is 19.0 Å². The quantitative estimate of drug-likeness (QED) is 0.106. The molecule has 0 N–H and O–H groups in total. The number of rotatable bonds is 12. The van der Waals surface area contributed by atoms with E-state index in [0.717, 1.165) is 40.0 Å². The topological polar surface area (TPSA) is 44.8 Å². The van der Waals surface area contributed by atoms with Crippen molar-refractivity contribution in [2.75, 3.05) is 13.7 Å².